The van der Waals surface area contributed by atoms with Gasteiger partial charge in [0, 0.05) is 11.1 Å². The Morgan fingerprint density at radius 3 is 2.81 bits per heavy atom. The van der Waals surface area contributed by atoms with Crippen LogP contribution >= 0.6 is 11.6 Å². The van der Waals surface area contributed by atoms with Crippen LogP contribution in [0.2, 0.25) is 5.02 Å². The van der Waals surface area contributed by atoms with Gasteiger partial charge in [-0.15, -0.1) is 0 Å². The van der Waals surface area contributed by atoms with Crippen molar-refractivity contribution < 1.29 is 4.39 Å². The van der Waals surface area contributed by atoms with E-state index in [9.17, 15) is 4.39 Å². The molecule has 1 aromatic rings. The third-order valence-electron chi connectivity index (χ3n) is 3.30. The van der Waals surface area contributed by atoms with Gasteiger partial charge in [-0.05, 0) is 56.3 Å². The molecule has 0 spiro atoms. The maximum absolute atomic E-state index is 12.9. The number of aryl methyl sites for hydroxylation is 1. The van der Waals surface area contributed by atoms with Gasteiger partial charge in [0.15, 0.2) is 0 Å². The van der Waals surface area contributed by atoms with E-state index in [1.54, 1.807) is 6.07 Å². The van der Waals surface area contributed by atoms with Gasteiger partial charge < -0.3 is 5.32 Å². The van der Waals surface area contributed by atoms with Crippen LogP contribution < -0.4 is 5.32 Å². The molecule has 0 aromatic heterocycles. The van der Waals surface area contributed by atoms with Gasteiger partial charge in [-0.2, -0.15) is 0 Å². The fourth-order valence-electron chi connectivity index (χ4n) is 2.15. The molecule has 1 N–H and O–H groups in total. The average Bonchev–Trinajstić information content (AvgIpc) is 3.06. The number of halogens is 2. The largest absolute Gasteiger partial charge is 0.317 e. The summed E-state index contributed by atoms with van der Waals surface area (Å²) >= 11 is 5.99. The Bertz CT molecular complexity index is 363. The molecule has 3 heteroatoms. The van der Waals surface area contributed by atoms with Crippen LogP contribution in [0.4, 0.5) is 4.39 Å². The molecule has 1 nitrogen and oxygen atoms in total. The van der Waals surface area contributed by atoms with Crippen LogP contribution in [-0.4, -0.2) is 13.1 Å². The fraction of sp³-hybridized carbons (Fsp3) is 0.538. The standard InChI is InChI=1S/C13H17ClFN/c1-16-13(10-2-3-10)7-5-9-4-6-11(15)8-12(9)14/h4,6,8,10,13,16H,2-3,5,7H2,1H3. The minimum absolute atomic E-state index is 0.263. The SMILES string of the molecule is CNC(CCc1ccc(F)cc1Cl)C1CC1. The summed E-state index contributed by atoms with van der Waals surface area (Å²) in [5, 5.41) is 3.89. The molecule has 2 rings (SSSR count). The maximum atomic E-state index is 12.9. The van der Waals surface area contributed by atoms with Crippen molar-refractivity contribution in [1.82, 2.24) is 5.32 Å². The smallest absolute Gasteiger partial charge is 0.124 e. The van der Waals surface area contributed by atoms with Gasteiger partial charge in [-0.25, -0.2) is 4.39 Å². The molecular formula is C13H17ClFN. The molecule has 1 aliphatic carbocycles. The topological polar surface area (TPSA) is 12.0 Å². The molecule has 0 aliphatic heterocycles. The summed E-state index contributed by atoms with van der Waals surface area (Å²) in [5.41, 5.74) is 1.05. The van der Waals surface area contributed by atoms with Crippen molar-refractivity contribution in [2.75, 3.05) is 7.05 Å². The van der Waals surface area contributed by atoms with E-state index in [-0.39, 0.29) is 5.82 Å². The summed E-state index contributed by atoms with van der Waals surface area (Å²) in [4.78, 5) is 0. The van der Waals surface area contributed by atoms with Crippen molar-refractivity contribution >= 4 is 11.6 Å². The van der Waals surface area contributed by atoms with Crippen molar-refractivity contribution in [2.24, 2.45) is 5.92 Å². The fourth-order valence-corrected chi connectivity index (χ4v) is 2.41. The van der Waals surface area contributed by atoms with Gasteiger partial charge in [0.05, 0.1) is 0 Å². The molecule has 0 heterocycles. The van der Waals surface area contributed by atoms with Crippen molar-refractivity contribution in [1.29, 1.82) is 0 Å². The second-order valence-electron chi connectivity index (χ2n) is 4.51. The molecule has 0 amide bonds. The number of hydrogen-bond acceptors (Lipinski definition) is 1. The third kappa shape index (κ3) is 2.96. The minimum Gasteiger partial charge on any atom is -0.317 e. The van der Waals surface area contributed by atoms with Gasteiger partial charge in [0.2, 0.25) is 0 Å². The molecule has 0 saturated heterocycles. The van der Waals surface area contributed by atoms with Crippen LogP contribution in [-0.2, 0) is 6.42 Å². The van der Waals surface area contributed by atoms with Crippen LogP contribution in [0.1, 0.15) is 24.8 Å². The van der Waals surface area contributed by atoms with Crippen molar-refractivity contribution in [3.63, 3.8) is 0 Å². The molecule has 0 bridgehead atoms. The highest BCUT2D eigenvalue weighted by molar-refractivity contribution is 6.31. The van der Waals surface area contributed by atoms with E-state index in [1.165, 1.54) is 25.0 Å². The Hall–Kier alpha value is -0.600. The minimum atomic E-state index is -0.263. The van der Waals surface area contributed by atoms with Gasteiger partial charge in [0.25, 0.3) is 0 Å². The summed E-state index contributed by atoms with van der Waals surface area (Å²) in [5.74, 6) is 0.574. The van der Waals surface area contributed by atoms with Crippen LogP contribution in [0.15, 0.2) is 18.2 Å². The monoisotopic (exact) mass is 241 g/mol. The summed E-state index contributed by atoms with van der Waals surface area (Å²) < 4.78 is 12.9. The van der Waals surface area contributed by atoms with E-state index in [0.29, 0.717) is 11.1 Å². The quantitative estimate of drug-likeness (QED) is 0.833. The van der Waals surface area contributed by atoms with E-state index in [1.807, 2.05) is 7.05 Å². The molecule has 1 aliphatic rings. The lowest BCUT2D eigenvalue weighted by Crippen LogP contribution is -2.27. The molecule has 1 atom stereocenters. The Morgan fingerprint density at radius 2 is 2.25 bits per heavy atom. The molecule has 88 valence electrons. The normalized spacial score (nSPS) is 17.4. The summed E-state index contributed by atoms with van der Waals surface area (Å²) in [6, 6.07) is 5.24. The van der Waals surface area contributed by atoms with Gasteiger partial charge >= 0.3 is 0 Å². The lowest BCUT2D eigenvalue weighted by Gasteiger charge is -2.15. The van der Waals surface area contributed by atoms with Crippen molar-refractivity contribution in [2.45, 2.75) is 31.7 Å². The zero-order chi connectivity index (χ0) is 11.5. The van der Waals surface area contributed by atoms with Crippen molar-refractivity contribution in [3.8, 4) is 0 Å². The molecule has 1 fully saturated rings. The third-order valence-corrected chi connectivity index (χ3v) is 3.65. The second-order valence-corrected chi connectivity index (χ2v) is 4.91. The first kappa shape index (κ1) is 11.9. The van der Waals surface area contributed by atoms with E-state index in [4.69, 9.17) is 11.6 Å². The lowest BCUT2D eigenvalue weighted by molar-refractivity contribution is 0.470. The maximum Gasteiger partial charge on any atom is 0.124 e. The van der Waals surface area contributed by atoms with E-state index in [2.05, 4.69) is 5.32 Å². The summed E-state index contributed by atoms with van der Waals surface area (Å²) in [6.07, 6.45) is 4.67. The first-order valence-electron chi connectivity index (χ1n) is 5.82. The Labute approximate surface area is 101 Å². The Morgan fingerprint density at radius 1 is 1.50 bits per heavy atom. The summed E-state index contributed by atoms with van der Waals surface area (Å²) in [7, 11) is 2.01. The number of rotatable bonds is 5. The molecule has 1 aromatic carbocycles. The predicted octanol–water partition coefficient (Wildman–Crippen LogP) is 3.41. The van der Waals surface area contributed by atoms with E-state index in [0.717, 1.165) is 24.3 Å². The number of benzene rings is 1. The molecule has 1 saturated carbocycles. The van der Waals surface area contributed by atoms with Gasteiger partial charge in [-0.1, -0.05) is 17.7 Å². The highest BCUT2D eigenvalue weighted by Crippen LogP contribution is 2.34. The molecular weight excluding hydrogens is 225 g/mol. The number of nitrogens with one attached hydrogen (secondary N) is 1. The van der Waals surface area contributed by atoms with Crippen molar-refractivity contribution in [3.05, 3.63) is 34.6 Å². The van der Waals surface area contributed by atoms with E-state index < -0.39 is 0 Å². The molecule has 16 heavy (non-hydrogen) atoms. The first-order valence-corrected chi connectivity index (χ1v) is 6.19. The second kappa shape index (κ2) is 5.15. The summed E-state index contributed by atoms with van der Waals surface area (Å²) in [6.45, 7) is 0. The zero-order valence-corrected chi connectivity index (χ0v) is 10.2. The van der Waals surface area contributed by atoms with Gasteiger partial charge in [0.1, 0.15) is 5.82 Å². The highest BCUT2D eigenvalue weighted by Gasteiger charge is 2.29. The van der Waals surface area contributed by atoms with Crippen LogP contribution in [0.25, 0.3) is 0 Å². The van der Waals surface area contributed by atoms with Gasteiger partial charge in [-0.3, -0.25) is 0 Å². The highest BCUT2D eigenvalue weighted by atomic mass is 35.5. The lowest BCUT2D eigenvalue weighted by atomic mass is 10.0. The average molecular weight is 242 g/mol. The van der Waals surface area contributed by atoms with Crippen LogP contribution in [0, 0.1) is 11.7 Å². The van der Waals surface area contributed by atoms with Crippen LogP contribution in [0.5, 0.6) is 0 Å². The predicted molar refractivity (Wildman–Crippen MR) is 65.3 cm³/mol. The Kier molecular flexibility index (Phi) is 3.82. The van der Waals surface area contributed by atoms with Crippen LogP contribution in [0.3, 0.4) is 0 Å². The zero-order valence-electron chi connectivity index (χ0n) is 9.47. The van der Waals surface area contributed by atoms with E-state index >= 15 is 0 Å². The molecule has 1 unspecified atom stereocenters. The first-order chi connectivity index (χ1) is 7.70. The number of hydrogen-bond donors (Lipinski definition) is 1. The molecule has 0 radical (unpaired) electrons. The Balaban J connectivity index is 1.92.